The van der Waals surface area contributed by atoms with E-state index in [0.717, 1.165) is 0 Å². The van der Waals surface area contributed by atoms with Gasteiger partial charge in [-0.1, -0.05) is 0 Å². The summed E-state index contributed by atoms with van der Waals surface area (Å²) in [6.07, 6.45) is 2.33. The summed E-state index contributed by atoms with van der Waals surface area (Å²) >= 11 is 0. The lowest BCUT2D eigenvalue weighted by molar-refractivity contribution is 0.111. The molecule has 0 fully saturated rings. The van der Waals surface area contributed by atoms with Gasteiger partial charge in [-0.05, 0) is 6.07 Å². The fourth-order valence-electron chi connectivity index (χ4n) is 0.667. The fourth-order valence-corrected chi connectivity index (χ4v) is 0.667. The van der Waals surface area contributed by atoms with Gasteiger partial charge in [-0.3, -0.25) is 9.48 Å². The van der Waals surface area contributed by atoms with E-state index in [9.17, 15) is 4.79 Å². The van der Waals surface area contributed by atoms with Crippen molar-refractivity contribution in [2.24, 2.45) is 0 Å². The first-order chi connectivity index (χ1) is 4.86. The Kier molecular flexibility index (Phi) is 2.17. The van der Waals surface area contributed by atoms with E-state index in [1.165, 1.54) is 4.68 Å². The van der Waals surface area contributed by atoms with Crippen LogP contribution in [0.2, 0.25) is 0 Å². The smallest absolute Gasteiger partial charge is 0.170 e. The normalized spacial score (nSPS) is 9.70. The van der Waals surface area contributed by atoms with Crippen LogP contribution < -0.4 is 0 Å². The van der Waals surface area contributed by atoms with Crippen molar-refractivity contribution in [2.45, 2.75) is 6.54 Å². The summed E-state index contributed by atoms with van der Waals surface area (Å²) in [7, 11) is 0. The van der Waals surface area contributed by atoms with E-state index in [0.29, 0.717) is 18.5 Å². The van der Waals surface area contributed by atoms with Crippen LogP contribution in [0.1, 0.15) is 10.5 Å². The molecule has 0 bridgehead atoms. The van der Waals surface area contributed by atoms with E-state index in [1.807, 2.05) is 0 Å². The summed E-state index contributed by atoms with van der Waals surface area (Å²) in [5.74, 6) is 0. The maximum atomic E-state index is 10.1. The van der Waals surface area contributed by atoms with Crippen molar-refractivity contribution in [2.75, 3.05) is 6.61 Å². The molecule has 0 aromatic carbocycles. The van der Waals surface area contributed by atoms with Gasteiger partial charge in [0.1, 0.15) is 5.69 Å². The molecule has 1 aromatic rings. The van der Waals surface area contributed by atoms with Crippen molar-refractivity contribution in [1.29, 1.82) is 0 Å². The molecule has 0 aliphatic carbocycles. The SMILES string of the molecule is O=Cc1ccn(CCO)n1. The van der Waals surface area contributed by atoms with Crippen LogP contribution in [0.5, 0.6) is 0 Å². The monoisotopic (exact) mass is 140 g/mol. The van der Waals surface area contributed by atoms with Crippen molar-refractivity contribution in [3.8, 4) is 0 Å². The van der Waals surface area contributed by atoms with Gasteiger partial charge in [0.25, 0.3) is 0 Å². The number of hydrogen-bond donors (Lipinski definition) is 1. The highest BCUT2D eigenvalue weighted by atomic mass is 16.3. The number of nitrogens with zero attached hydrogens (tertiary/aromatic N) is 2. The van der Waals surface area contributed by atoms with Gasteiger partial charge in [0.2, 0.25) is 0 Å². The number of aldehydes is 1. The molecule has 1 rings (SSSR count). The molecule has 0 saturated heterocycles. The molecule has 0 amide bonds. The second-order valence-corrected chi connectivity index (χ2v) is 1.85. The highest BCUT2D eigenvalue weighted by molar-refractivity contribution is 5.71. The fraction of sp³-hybridized carbons (Fsp3) is 0.333. The van der Waals surface area contributed by atoms with E-state index in [1.54, 1.807) is 12.3 Å². The van der Waals surface area contributed by atoms with E-state index in [4.69, 9.17) is 5.11 Å². The minimum Gasteiger partial charge on any atom is -0.394 e. The lowest BCUT2D eigenvalue weighted by Gasteiger charge is -1.93. The summed E-state index contributed by atoms with van der Waals surface area (Å²) in [5.41, 5.74) is 0.397. The highest BCUT2D eigenvalue weighted by Crippen LogP contribution is 1.90. The van der Waals surface area contributed by atoms with Crippen LogP contribution in [0, 0.1) is 0 Å². The molecule has 0 saturated carbocycles. The van der Waals surface area contributed by atoms with Gasteiger partial charge in [0.05, 0.1) is 13.2 Å². The maximum absolute atomic E-state index is 10.1. The molecule has 4 heteroatoms. The van der Waals surface area contributed by atoms with Crippen LogP contribution in [0.15, 0.2) is 12.3 Å². The predicted octanol–water partition coefficient (Wildman–Crippen LogP) is -0.312. The van der Waals surface area contributed by atoms with Crippen LogP contribution in [-0.2, 0) is 6.54 Å². The summed E-state index contributed by atoms with van der Waals surface area (Å²) in [4.78, 5) is 10.1. The van der Waals surface area contributed by atoms with Crippen molar-refractivity contribution >= 4 is 6.29 Å². The Morgan fingerprint density at radius 1 is 1.80 bits per heavy atom. The average Bonchev–Trinajstić information content (AvgIpc) is 2.37. The number of hydrogen-bond acceptors (Lipinski definition) is 3. The Bertz CT molecular complexity index is 219. The van der Waals surface area contributed by atoms with Crippen LogP contribution in [-0.4, -0.2) is 27.8 Å². The first-order valence-electron chi connectivity index (χ1n) is 2.96. The molecule has 0 unspecified atom stereocenters. The average molecular weight is 140 g/mol. The number of carbonyl (C=O) groups excluding carboxylic acids is 1. The third-order valence-electron chi connectivity index (χ3n) is 1.11. The molecule has 0 radical (unpaired) electrons. The number of aromatic nitrogens is 2. The second-order valence-electron chi connectivity index (χ2n) is 1.85. The predicted molar refractivity (Wildman–Crippen MR) is 34.7 cm³/mol. The van der Waals surface area contributed by atoms with E-state index in [-0.39, 0.29) is 6.61 Å². The highest BCUT2D eigenvalue weighted by Gasteiger charge is 1.93. The number of aliphatic hydroxyl groups excluding tert-OH is 1. The van der Waals surface area contributed by atoms with Crippen molar-refractivity contribution in [3.05, 3.63) is 18.0 Å². The Labute approximate surface area is 58.1 Å². The Balaban J connectivity index is 2.68. The minimum atomic E-state index is 0.0416. The minimum absolute atomic E-state index is 0.0416. The zero-order valence-electron chi connectivity index (χ0n) is 5.40. The number of rotatable bonds is 3. The molecule has 54 valence electrons. The lowest BCUT2D eigenvalue weighted by atomic mass is 10.5. The van der Waals surface area contributed by atoms with Gasteiger partial charge < -0.3 is 5.11 Å². The van der Waals surface area contributed by atoms with Crippen molar-refractivity contribution in [1.82, 2.24) is 9.78 Å². The molecule has 10 heavy (non-hydrogen) atoms. The van der Waals surface area contributed by atoms with Gasteiger partial charge in [-0.2, -0.15) is 5.10 Å². The van der Waals surface area contributed by atoms with Crippen LogP contribution in [0.4, 0.5) is 0 Å². The quantitative estimate of drug-likeness (QED) is 0.586. The molecule has 1 aromatic heterocycles. The molecule has 0 atom stereocenters. The number of carbonyl (C=O) groups is 1. The summed E-state index contributed by atoms with van der Waals surface area (Å²) in [5, 5.41) is 12.3. The molecule has 0 aliphatic rings. The molecule has 0 aliphatic heterocycles. The van der Waals surface area contributed by atoms with Crippen molar-refractivity contribution < 1.29 is 9.90 Å². The third kappa shape index (κ3) is 1.41. The molecule has 1 N–H and O–H groups in total. The van der Waals surface area contributed by atoms with Crippen LogP contribution in [0.25, 0.3) is 0 Å². The summed E-state index contributed by atoms with van der Waals surface area (Å²) in [6.45, 7) is 0.480. The van der Waals surface area contributed by atoms with E-state index < -0.39 is 0 Å². The Morgan fingerprint density at radius 2 is 2.60 bits per heavy atom. The molecule has 4 nitrogen and oxygen atoms in total. The Morgan fingerprint density at radius 3 is 3.10 bits per heavy atom. The third-order valence-corrected chi connectivity index (χ3v) is 1.11. The van der Waals surface area contributed by atoms with Gasteiger partial charge in [-0.25, -0.2) is 0 Å². The van der Waals surface area contributed by atoms with E-state index >= 15 is 0 Å². The van der Waals surface area contributed by atoms with Crippen LogP contribution >= 0.6 is 0 Å². The summed E-state index contributed by atoms with van der Waals surface area (Å²) in [6, 6.07) is 1.60. The Hall–Kier alpha value is -1.16. The standard InChI is InChI=1S/C6H8N2O2/c9-4-3-8-2-1-6(5-10)7-8/h1-2,5,9H,3-4H2. The van der Waals surface area contributed by atoms with Gasteiger partial charge in [0.15, 0.2) is 6.29 Å². The largest absolute Gasteiger partial charge is 0.394 e. The molecular formula is C6H8N2O2. The zero-order chi connectivity index (χ0) is 7.40. The van der Waals surface area contributed by atoms with Gasteiger partial charge >= 0.3 is 0 Å². The first kappa shape index (κ1) is 6.95. The van der Waals surface area contributed by atoms with Gasteiger partial charge in [0, 0.05) is 6.20 Å². The zero-order valence-corrected chi connectivity index (χ0v) is 5.40. The van der Waals surface area contributed by atoms with Crippen LogP contribution in [0.3, 0.4) is 0 Å². The summed E-state index contributed by atoms with van der Waals surface area (Å²) < 4.78 is 1.52. The second kappa shape index (κ2) is 3.12. The van der Waals surface area contributed by atoms with E-state index in [2.05, 4.69) is 5.10 Å². The lowest BCUT2D eigenvalue weighted by Crippen LogP contribution is -2.02. The van der Waals surface area contributed by atoms with Gasteiger partial charge in [-0.15, -0.1) is 0 Å². The molecule has 1 heterocycles. The van der Waals surface area contributed by atoms with Crippen molar-refractivity contribution in [3.63, 3.8) is 0 Å². The molecule has 0 spiro atoms. The maximum Gasteiger partial charge on any atom is 0.170 e. The number of aliphatic hydroxyl groups is 1. The first-order valence-corrected chi connectivity index (χ1v) is 2.96. The molecular weight excluding hydrogens is 132 g/mol. The topological polar surface area (TPSA) is 55.1 Å².